The Morgan fingerprint density at radius 3 is 2.50 bits per heavy atom. The summed E-state index contributed by atoms with van der Waals surface area (Å²) in [5.74, 6) is -1.49. The highest BCUT2D eigenvalue weighted by Crippen LogP contribution is 2.40. The van der Waals surface area contributed by atoms with Crippen molar-refractivity contribution in [1.29, 1.82) is 0 Å². The lowest BCUT2D eigenvalue weighted by atomic mass is 10.1. The summed E-state index contributed by atoms with van der Waals surface area (Å²) in [7, 11) is 0. The monoisotopic (exact) mass is 238 g/mol. The molecule has 1 aliphatic heterocycles. The maximum atomic E-state index is 12.7. The zero-order chi connectivity index (χ0) is 12.7. The Balaban J connectivity index is 3.08. The van der Waals surface area contributed by atoms with E-state index < -0.39 is 30.1 Å². The van der Waals surface area contributed by atoms with Gasteiger partial charge in [0, 0.05) is 18.0 Å². The van der Waals surface area contributed by atoms with Gasteiger partial charge >= 0.3 is 6.18 Å². The van der Waals surface area contributed by atoms with Gasteiger partial charge in [-0.3, -0.25) is 10.2 Å². The molecular formula is C9H13F3N2O2. The number of rotatable bonds is 1. The summed E-state index contributed by atoms with van der Waals surface area (Å²) in [5.41, 5.74) is -1.10. The van der Waals surface area contributed by atoms with E-state index in [1.807, 2.05) is 0 Å². The van der Waals surface area contributed by atoms with Gasteiger partial charge in [0.05, 0.1) is 0 Å². The van der Waals surface area contributed by atoms with E-state index in [0.717, 1.165) is 0 Å². The van der Waals surface area contributed by atoms with Crippen LogP contribution in [-0.2, 0) is 4.79 Å². The van der Waals surface area contributed by atoms with Gasteiger partial charge in [-0.15, -0.1) is 0 Å². The summed E-state index contributed by atoms with van der Waals surface area (Å²) in [6.07, 6.45) is -5.68. The minimum Gasteiger partial charge on any atom is -0.362 e. The molecular weight excluding hydrogens is 225 g/mol. The first kappa shape index (κ1) is 12.8. The normalized spacial score (nSPS) is 26.2. The average Bonchev–Trinajstić information content (AvgIpc) is 2.40. The highest BCUT2D eigenvalue weighted by molar-refractivity contribution is 5.79. The molecule has 1 amide bonds. The molecule has 0 radical (unpaired) electrons. The van der Waals surface area contributed by atoms with Crippen molar-refractivity contribution in [2.45, 2.75) is 32.2 Å². The number of carbonyl (C=O) groups is 1. The second-order valence-electron chi connectivity index (χ2n) is 4.03. The molecule has 7 heteroatoms. The van der Waals surface area contributed by atoms with E-state index in [-0.39, 0.29) is 10.7 Å². The fraction of sp³-hybridized carbons (Fsp3) is 0.667. The van der Waals surface area contributed by atoms with Gasteiger partial charge in [-0.25, -0.2) is 5.01 Å². The standard InChI is InChI=1S/C9H13F3N2O2/c1-5(2)7(15)14-8(16,9(10,11)12)4-6(3)13-14/h5,13,16H,3-4H2,1-2H3. The van der Waals surface area contributed by atoms with E-state index >= 15 is 0 Å². The van der Waals surface area contributed by atoms with Gasteiger partial charge in [0.2, 0.25) is 5.91 Å². The lowest BCUT2D eigenvalue weighted by Gasteiger charge is -2.34. The molecule has 1 unspecified atom stereocenters. The molecule has 0 spiro atoms. The third-order valence-electron chi connectivity index (χ3n) is 2.27. The smallest absolute Gasteiger partial charge is 0.362 e. The van der Waals surface area contributed by atoms with E-state index in [0.29, 0.717) is 0 Å². The van der Waals surface area contributed by atoms with E-state index in [2.05, 4.69) is 12.0 Å². The average molecular weight is 238 g/mol. The number of hydrogen-bond acceptors (Lipinski definition) is 3. The SMILES string of the molecule is C=C1CC(O)(C(F)(F)F)N(C(=O)C(C)C)N1. The van der Waals surface area contributed by atoms with Crippen LogP contribution in [0.25, 0.3) is 0 Å². The maximum absolute atomic E-state index is 12.7. The number of hydrazine groups is 1. The van der Waals surface area contributed by atoms with E-state index in [9.17, 15) is 23.1 Å². The molecule has 0 bridgehead atoms. The Labute approximate surface area is 90.7 Å². The summed E-state index contributed by atoms with van der Waals surface area (Å²) in [4.78, 5) is 11.5. The molecule has 0 aliphatic carbocycles. The van der Waals surface area contributed by atoms with Crippen LogP contribution in [0.15, 0.2) is 12.3 Å². The van der Waals surface area contributed by atoms with Crippen LogP contribution in [-0.4, -0.2) is 27.9 Å². The van der Waals surface area contributed by atoms with Crippen molar-refractivity contribution in [2.75, 3.05) is 0 Å². The number of alkyl halides is 3. The Bertz CT molecular complexity index is 327. The Hall–Kier alpha value is -1.24. The largest absolute Gasteiger partial charge is 0.438 e. The van der Waals surface area contributed by atoms with Crippen LogP contribution in [0.3, 0.4) is 0 Å². The fourth-order valence-corrected chi connectivity index (χ4v) is 1.39. The van der Waals surface area contributed by atoms with Crippen molar-refractivity contribution in [1.82, 2.24) is 10.4 Å². The number of hydrogen-bond donors (Lipinski definition) is 2. The molecule has 16 heavy (non-hydrogen) atoms. The van der Waals surface area contributed by atoms with E-state index in [1.165, 1.54) is 13.8 Å². The molecule has 1 heterocycles. The van der Waals surface area contributed by atoms with E-state index in [4.69, 9.17) is 0 Å². The second-order valence-corrected chi connectivity index (χ2v) is 4.03. The zero-order valence-corrected chi connectivity index (χ0v) is 8.93. The predicted molar refractivity (Wildman–Crippen MR) is 49.6 cm³/mol. The van der Waals surface area contributed by atoms with Crippen LogP contribution in [0.5, 0.6) is 0 Å². The quantitative estimate of drug-likeness (QED) is 0.720. The number of carbonyl (C=O) groups excluding carboxylic acids is 1. The summed E-state index contributed by atoms with van der Waals surface area (Å²) >= 11 is 0. The maximum Gasteiger partial charge on any atom is 0.438 e. The second kappa shape index (κ2) is 3.65. The van der Waals surface area contributed by atoms with Crippen molar-refractivity contribution in [3.05, 3.63) is 12.3 Å². The van der Waals surface area contributed by atoms with Crippen LogP contribution >= 0.6 is 0 Å². The minimum absolute atomic E-state index is 0.0474. The predicted octanol–water partition coefficient (Wildman–Crippen LogP) is 1.14. The molecule has 1 fully saturated rings. The lowest BCUT2D eigenvalue weighted by Crippen LogP contribution is -2.60. The van der Waals surface area contributed by atoms with Crippen molar-refractivity contribution in [2.24, 2.45) is 5.92 Å². The molecule has 2 N–H and O–H groups in total. The molecule has 92 valence electrons. The zero-order valence-electron chi connectivity index (χ0n) is 8.93. The topological polar surface area (TPSA) is 52.6 Å². The van der Waals surface area contributed by atoms with Crippen LogP contribution < -0.4 is 5.43 Å². The highest BCUT2D eigenvalue weighted by atomic mass is 19.4. The number of amides is 1. The number of halogens is 3. The molecule has 4 nitrogen and oxygen atoms in total. The van der Waals surface area contributed by atoms with Gasteiger partial charge in [0.25, 0.3) is 5.72 Å². The molecule has 1 saturated heterocycles. The summed E-state index contributed by atoms with van der Waals surface area (Å²) in [6, 6.07) is 0. The third-order valence-corrected chi connectivity index (χ3v) is 2.27. The molecule has 1 aliphatic rings. The van der Waals surface area contributed by atoms with Crippen LogP contribution in [0.2, 0.25) is 0 Å². The van der Waals surface area contributed by atoms with Gasteiger partial charge in [-0.2, -0.15) is 13.2 Å². The summed E-state index contributed by atoms with van der Waals surface area (Å²) in [6.45, 7) is 6.18. The molecule has 1 rings (SSSR count). The van der Waals surface area contributed by atoms with Crippen molar-refractivity contribution in [3.8, 4) is 0 Å². The van der Waals surface area contributed by atoms with E-state index in [1.54, 1.807) is 0 Å². The molecule has 1 atom stereocenters. The number of aliphatic hydroxyl groups is 1. The Morgan fingerprint density at radius 2 is 2.12 bits per heavy atom. The Kier molecular flexibility index (Phi) is 2.93. The van der Waals surface area contributed by atoms with Crippen molar-refractivity contribution < 1.29 is 23.1 Å². The minimum atomic E-state index is -4.93. The number of nitrogens with zero attached hydrogens (tertiary/aromatic N) is 1. The lowest BCUT2D eigenvalue weighted by molar-refractivity contribution is -0.305. The highest BCUT2D eigenvalue weighted by Gasteiger charge is 2.63. The van der Waals surface area contributed by atoms with Gasteiger partial charge in [0.15, 0.2) is 0 Å². The first-order chi connectivity index (χ1) is 7.09. The van der Waals surface area contributed by atoms with Crippen LogP contribution in [0, 0.1) is 5.92 Å². The Morgan fingerprint density at radius 1 is 1.62 bits per heavy atom. The van der Waals surface area contributed by atoms with Gasteiger partial charge < -0.3 is 5.11 Å². The number of nitrogens with one attached hydrogen (secondary N) is 1. The molecule has 0 saturated carbocycles. The van der Waals surface area contributed by atoms with Crippen molar-refractivity contribution >= 4 is 5.91 Å². The van der Waals surface area contributed by atoms with Gasteiger partial charge in [-0.1, -0.05) is 20.4 Å². The fourth-order valence-electron chi connectivity index (χ4n) is 1.39. The molecule has 0 aromatic heterocycles. The van der Waals surface area contributed by atoms with Crippen LogP contribution in [0.4, 0.5) is 13.2 Å². The summed E-state index contributed by atoms with van der Waals surface area (Å²) < 4.78 is 38.0. The third kappa shape index (κ3) is 1.87. The van der Waals surface area contributed by atoms with Crippen LogP contribution in [0.1, 0.15) is 20.3 Å². The first-order valence-electron chi connectivity index (χ1n) is 4.67. The van der Waals surface area contributed by atoms with Crippen molar-refractivity contribution in [3.63, 3.8) is 0 Å². The van der Waals surface area contributed by atoms with Gasteiger partial charge in [-0.05, 0) is 0 Å². The first-order valence-corrected chi connectivity index (χ1v) is 4.67. The van der Waals surface area contributed by atoms with Gasteiger partial charge in [0.1, 0.15) is 0 Å². The molecule has 0 aromatic rings. The molecule has 0 aromatic carbocycles. The summed E-state index contributed by atoms with van der Waals surface area (Å²) in [5, 5.41) is 9.74.